The summed E-state index contributed by atoms with van der Waals surface area (Å²) in [6.07, 6.45) is 1.22. The molecule has 0 aromatic rings. The third-order valence-electron chi connectivity index (χ3n) is 4.10. The van der Waals surface area contributed by atoms with Crippen molar-refractivity contribution in [3.8, 4) is 0 Å². The fraction of sp³-hybridized carbons (Fsp3) is 1.00. The van der Waals surface area contributed by atoms with Crippen molar-refractivity contribution < 1.29 is 0 Å². The van der Waals surface area contributed by atoms with Crippen molar-refractivity contribution >= 4 is 23.5 Å². The van der Waals surface area contributed by atoms with Gasteiger partial charge in [0.2, 0.25) is 0 Å². The van der Waals surface area contributed by atoms with Crippen LogP contribution in [-0.4, -0.2) is 58.6 Å². The molecule has 17 heavy (non-hydrogen) atoms. The molecule has 2 aliphatic rings. The summed E-state index contributed by atoms with van der Waals surface area (Å²) in [5, 5.41) is 4.57. The molecule has 0 aromatic heterocycles. The van der Waals surface area contributed by atoms with Crippen LogP contribution in [0, 0.1) is 0 Å². The first-order chi connectivity index (χ1) is 8.13. The second-order valence-corrected chi connectivity index (χ2v) is 8.20. The van der Waals surface area contributed by atoms with E-state index in [1.165, 1.54) is 36.8 Å². The maximum absolute atomic E-state index is 3.71. The highest BCUT2D eigenvalue weighted by Crippen LogP contribution is 2.27. The average molecular weight is 274 g/mol. The Labute approximate surface area is 115 Å². The van der Waals surface area contributed by atoms with Crippen molar-refractivity contribution in [1.82, 2.24) is 10.2 Å². The molecule has 2 aliphatic heterocycles. The van der Waals surface area contributed by atoms with Crippen LogP contribution in [0.5, 0.6) is 0 Å². The fourth-order valence-corrected chi connectivity index (χ4v) is 5.26. The molecule has 3 atom stereocenters. The van der Waals surface area contributed by atoms with Crippen LogP contribution in [0.1, 0.15) is 27.2 Å². The second kappa shape index (κ2) is 6.18. The largest absolute Gasteiger partial charge is 0.309 e. The summed E-state index contributed by atoms with van der Waals surface area (Å²) in [7, 11) is 0. The minimum atomic E-state index is 0.332. The normalized spacial score (nSPS) is 40.4. The summed E-state index contributed by atoms with van der Waals surface area (Å²) in [6, 6.07) is 0.696. The summed E-state index contributed by atoms with van der Waals surface area (Å²) < 4.78 is 0. The second-order valence-electron chi connectivity index (χ2n) is 5.64. The van der Waals surface area contributed by atoms with Gasteiger partial charge >= 0.3 is 0 Å². The van der Waals surface area contributed by atoms with Gasteiger partial charge in [-0.15, -0.1) is 0 Å². The number of thioether (sulfide) groups is 2. The van der Waals surface area contributed by atoms with E-state index in [0.29, 0.717) is 11.6 Å². The molecule has 0 aliphatic carbocycles. The van der Waals surface area contributed by atoms with Crippen molar-refractivity contribution in [3.05, 3.63) is 0 Å². The van der Waals surface area contributed by atoms with Gasteiger partial charge in [0, 0.05) is 53.7 Å². The Morgan fingerprint density at radius 2 is 2.24 bits per heavy atom. The maximum atomic E-state index is 3.71. The lowest BCUT2D eigenvalue weighted by molar-refractivity contribution is 0.0949. The van der Waals surface area contributed by atoms with E-state index >= 15 is 0 Å². The van der Waals surface area contributed by atoms with Gasteiger partial charge in [-0.3, -0.25) is 4.90 Å². The molecule has 2 nitrogen and oxygen atoms in total. The number of piperazine rings is 1. The van der Waals surface area contributed by atoms with Crippen LogP contribution < -0.4 is 5.32 Å². The van der Waals surface area contributed by atoms with Gasteiger partial charge in [0.15, 0.2) is 0 Å². The zero-order valence-corrected chi connectivity index (χ0v) is 13.0. The Bertz CT molecular complexity index is 244. The van der Waals surface area contributed by atoms with Gasteiger partial charge in [-0.05, 0) is 20.3 Å². The van der Waals surface area contributed by atoms with E-state index in [1.807, 2.05) is 0 Å². The van der Waals surface area contributed by atoms with Crippen molar-refractivity contribution in [1.29, 1.82) is 0 Å². The predicted octanol–water partition coefficient (Wildman–Crippen LogP) is 2.30. The van der Waals surface area contributed by atoms with Crippen LogP contribution in [0.15, 0.2) is 0 Å². The summed E-state index contributed by atoms with van der Waals surface area (Å²) in [5.41, 5.74) is 0.332. The van der Waals surface area contributed by atoms with Gasteiger partial charge in [-0.25, -0.2) is 0 Å². The maximum Gasteiger partial charge on any atom is 0.0278 e. The number of hydrogen-bond donors (Lipinski definition) is 1. The zero-order chi connectivity index (χ0) is 12.3. The molecule has 0 bridgehead atoms. The Morgan fingerprint density at radius 1 is 1.41 bits per heavy atom. The molecule has 0 spiro atoms. The van der Waals surface area contributed by atoms with Gasteiger partial charge in [0.1, 0.15) is 0 Å². The Balaban J connectivity index is 1.88. The standard InChI is InChI=1S/C13H26N2S2/c1-4-13(3)10-15(11(2)7-14-13)8-12-9-16-5-6-17-12/h11-12,14H,4-10H2,1-3H3. The molecule has 0 radical (unpaired) electrons. The molecule has 2 saturated heterocycles. The van der Waals surface area contributed by atoms with Crippen molar-refractivity contribution in [3.63, 3.8) is 0 Å². The van der Waals surface area contributed by atoms with Crippen molar-refractivity contribution in [2.75, 3.05) is 36.9 Å². The molecule has 1 N–H and O–H groups in total. The number of nitrogens with one attached hydrogen (secondary N) is 1. The molecule has 2 fully saturated rings. The highest BCUT2D eigenvalue weighted by atomic mass is 32.2. The molecule has 100 valence electrons. The third kappa shape index (κ3) is 3.79. The lowest BCUT2D eigenvalue weighted by atomic mass is 9.94. The molecule has 3 unspecified atom stereocenters. The molecular formula is C13H26N2S2. The number of rotatable bonds is 3. The summed E-state index contributed by atoms with van der Waals surface area (Å²) in [5.74, 6) is 4.05. The van der Waals surface area contributed by atoms with Crippen LogP contribution >= 0.6 is 23.5 Å². The van der Waals surface area contributed by atoms with Crippen LogP contribution in [0.4, 0.5) is 0 Å². The molecule has 0 saturated carbocycles. The highest BCUT2D eigenvalue weighted by Gasteiger charge is 2.33. The van der Waals surface area contributed by atoms with Crippen LogP contribution in [0.25, 0.3) is 0 Å². The topological polar surface area (TPSA) is 15.3 Å². The first kappa shape index (κ1) is 14.0. The van der Waals surface area contributed by atoms with Crippen molar-refractivity contribution in [2.24, 2.45) is 0 Å². The Hall–Kier alpha value is 0.620. The zero-order valence-electron chi connectivity index (χ0n) is 11.4. The first-order valence-corrected chi connectivity index (χ1v) is 9.02. The lowest BCUT2D eigenvalue weighted by Crippen LogP contribution is -2.62. The predicted molar refractivity (Wildman–Crippen MR) is 81.3 cm³/mol. The van der Waals surface area contributed by atoms with Gasteiger partial charge in [-0.1, -0.05) is 6.92 Å². The highest BCUT2D eigenvalue weighted by molar-refractivity contribution is 8.06. The number of nitrogens with zero attached hydrogens (tertiary/aromatic N) is 1. The van der Waals surface area contributed by atoms with Crippen LogP contribution in [0.3, 0.4) is 0 Å². The monoisotopic (exact) mass is 274 g/mol. The van der Waals surface area contributed by atoms with Crippen LogP contribution in [0.2, 0.25) is 0 Å². The summed E-state index contributed by atoms with van der Waals surface area (Å²) in [6.45, 7) is 10.7. The summed E-state index contributed by atoms with van der Waals surface area (Å²) in [4.78, 5) is 2.71. The van der Waals surface area contributed by atoms with Gasteiger partial charge in [0.05, 0.1) is 0 Å². The molecular weight excluding hydrogens is 248 g/mol. The Morgan fingerprint density at radius 3 is 2.88 bits per heavy atom. The SMILES string of the molecule is CCC1(C)CN(CC2CSCCS2)C(C)CN1. The third-order valence-corrected chi connectivity index (χ3v) is 6.93. The van der Waals surface area contributed by atoms with E-state index in [9.17, 15) is 0 Å². The molecule has 2 rings (SSSR count). The Kier molecular flexibility index (Phi) is 5.10. The van der Waals surface area contributed by atoms with Crippen molar-refractivity contribution in [2.45, 2.75) is 44.0 Å². The van der Waals surface area contributed by atoms with E-state index in [-0.39, 0.29) is 0 Å². The van der Waals surface area contributed by atoms with E-state index in [2.05, 4.69) is 54.5 Å². The lowest BCUT2D eigenvalue weighted by Gasteiger charge is -2.46. The first-order valence-electron chi connectivity index (χ1n) is 6.81. The minimum absolute atomic E-state index is 0.332. The molecule has 2 heterocycles. The smallest absolute Gasteiger partial charge is 0.0278 e. The van der Waals surface area contributed by atoms with Gasteiger partial charge in [-0.2, -0.15) is 23.5 Å². The molecule has 0 aromatic carbocycles. The van der Waals surface area contributed by atoms with E-state index in [4.69, 9.17) is 0 Å². The minimum Gasteiger partial charge on any atom is -0.309 e. The van der Waals surface area contributed by atoms with Gasteiger partial charge < -0.3 is 5.32 Å². The van der Waals surface area contributed by atoms with Gasteiger partial charge in [0.25, 0.3) is 0 Å². The van der Waals surface area contributed by atoms with Crippen LogP contribution in [-0.2, 0) is 0 Å². The molecule has 0 amide bonds. The summed E-state index contributed by atoms with van der Waals surface area (Å²) >= 11 is 4.32. The quantitative estimate of drug-likeness (QED) is 0.849. The average Bonchev–Trinajstić information content (AvgIpc) is 2.35. The van der Waals surface area contributed by atoms with E-state index < -0.39 is 0 Å². The molecule has 4 heteroatoms. The fourth-order valence-electron chi connectivity index (χ4n) is 2.57. The van der Waals surface area contributed by atoms with E-state index in [0.717, 1.165) is 11.8 Å². The van der Waals surface area contributed by atoms with E-state index in [1.54, 1.807) is 0 Å². The number of hydrogen-bond acceptors (Lipinski definition) is 4.